The fraction of sp³-hybridized carbons (Fsp3) is 0.462. The highest BCUT2D eigenvalue weighted by atomic mass is 19.1. The molecule has 0 amide bonds. The van der Waals surface area contributed by atoms with E-state index in [1.807, 2.05) is 44.2 Å². The topological polar surface area (TPSA) is 59.3 Å². The molecule has 2 rings (SSSR count). The van der Waals surface area contributed by atoms with Crippen molar-refractivity contribution in [3.05, 3.63) is 59.4 Å². The molecule has 0 aliphatic carbocycles. The molecular formula is C26H32FNO3. The Morgan fingerprint density at radius 3 is 2.35 bits per heavy atom. The largest absolute Gasteiger partial charge is 0.376 e. The molecule has 31 heavy (non-hydrogen) atoms. The van der Waals surface area contributed by atoms with Gasteiger partial charge in [-0.2, -0.15) is 10.1 Å². The Bertz CT molecular complexity index is 874. The Hall–Kier alpha value is -2.71. The summed E-state index contributed by atoms with van der Waals surface area (Å²) in [4.78, 5) is 22.3. The normalized spacial score (nSPS) is 11.9. The van der Waals surface area contributed by atoms with E-state index in [1.165, 1.54) is 25.3 Å². The van der Waals surface area contributed by atoms with Gasteiger partial charge in [0.25, 0.3) is 0 Å². The number of carbonyl (C=O) groups is 1. The number of hydrogen-bond acceptors (Lipinski definition) is 4. The van der Waals surface area contributed by atoms with E-state index >= 15 is 4.39 Å². The van der Waals surface area contributed by atoms with Crippen molar-refractivity contribution in [1.29, 1.82) is 5.26 Å². The number of rotatable bonds is 12. The van der Waals surface area contributed by atoms with Gasteiger partial charge in [-0.05, 0) is 29.5 Å². The molecule has 0 aliphatic heterocycles. The molecule has 0 radical (unpaired) electrons. The van der Waals surface area contributed by atoms with Crippen molar-refractivity contribution < 1.29 is 19.0 Å². The lowest BCUT2D eigenvalue weighted by Gasteiger charge is -2.20. The van der Waals surface area contributed by atoms with Crippen LogP contribution in [0.2, 0.25) is 0 Å². The van der Waals surface area contributed by atoms with Gasteiger partial charge in [0.1, 0.15) is 5.82 Å². The minimum atomic E-state index is -0.884. The maximum Gasteiger partial charge on any atom is 0.376 e. The van der Waals surface area contributed by atoms with Crippen LogP contribution in [0, 0.1) is 23.1 Å². The first kappa shape index (κ1) is 24.6. The molecule has 5 heteroatoms. The monoisotopic (exact) mass is 425 g/mol. The van der Waals surface area contributed by atoms with Crippen molar-refractivity contribution in [3.63, 3.8) is 0 Å². The number of carbonyl (C=O) groups excluding carboxylic acids is 1. The van der Waals surface area contributed by atoms with Crippen LogP contribution in [-0.4, -0.2) is 12.6 Å². The van der Waals surface area contributed by atoms with Crippen LogP contribution in [-0.2, 0) is 9.78 Å². The summed E-state index contributed by atoms with van der Waals surface area (Å²) in [5.41, 5.74) is 1.38. The summed E-state index contributed by atoms with van der Waals surface area (Å²) >= 11 is 0. The van der Waals surface area contributed by atoms with Crippen molar-refractivity contribution in [2.75, 3.05) is 6.61 Å². The molecule has 1 atom stereocenters. The molecule has 0 aliphatic rings. The summed E-state index contributed by atoms with van der Waals surface area (Å²) in [6, 6.07) is 14.5. The third kappa shape index (κ3) is 6.90. The van der Waals surface area contributed by atoms with Gasteiger partial charge < -0.3 is 0 Å². The lowest BCUT2D eigenvalue weighted by molar-refractivity contribution is -0.241. The first-order valence-corrected chi connectivity index (χ1v) is 11.1. The van der Waals surface area contributed by atoms with Crippen LogP contribution in [0.4, 0.5) is 4.39 Å². The number of nitriles is 1. The van der Waals surface area contributed by atoms with E-state index < -0.39 is 17.7 Å². The molecule has 2 aromatic carbocycles. The molecule has 166 valence electrons. The van der Waals surface area contributed by atoms with Gasteiger partial charge in [0.2, 0.25) is 0 Å². The van der Waals surface area contributed by atoms with Gasteiger partial charge in [-0.3, -0.25) is 4.89 Å². The summed E-state index contributed by atoms with van der Waals surface area (Å²) in [5, 5.41) is 9.70. The van der Waals surface area contributed by atoms with E-state index in [-0.39, 0.29) is 23.7 Å². The number of nitrogens with zero attached hydrogens (tertiary/aromatic N) is 1. The van der Waals surface area contributed by atoms with Gasteiger partial charge >= 0.3 is 5.97 Å². The van der Waals surface area contributed by atoms with Crippen LogP contribution in [0.5, 0.6) is 0 Å². The molecule has 0 aromatic heterocycles. The molecule has 0 saturated heterocycles. The van der Waals surface area contributed by atoms with Gasteiger partial charge in [0, 0.05) is 5.56 Å². The molecule has 1 unspecified atom stereocenters. The fourth-order valence-electron chi connectivity index (χ4n) is 3.55. The van der Waals surface area contributed by atoms with Crippen LogP contribution in [0.25, 0.3) is 11.1 Å². The molecule has 0 fully saturated rings. The molecule has 0 bridgehead atoms. The van der Waals surface area contributed by atoms with Gasteiger partial charge in [-0.1, -0.05) is 89.3 Å². The van der Waals surface area contributed by atoms with Gasteiger partial charge in [0.15, 0.2) is 0 Å². The van der Waals surface area contributed by atoms with Gasteiger partial charge in [-0.25, -0.2) is 9.18 Å². The Morgan fingerprint density at radius 2 is 1.71 bits per heavy atom. The average Bonchev–Trinajstić information content (AvgIpc) is 2.77. The minimum Gasteiger partial charge on any atom is -0.293 e. The molecule has 4 nitrogen and oxygen atoms in total. The highest BCUT2D eigenvalue weighted by Gasteiger charge is 2.28. The predicted octanol–water partition coefficient (Wildman–Crippen LogP) is 7.20. The second kappa shape index (κ2) is 12.9. The zero-order valence-corrected chi connectivity index (χ0v) is 18.7. The lowest BCUT2D eigenvalue weighted by atomic mass is 9.83. The molecular weight excluding hydrogens is 393 g/mol. The number of hydrogen-bond donors (Lipinski definition) is 0. The van der Waals surface area contributed by atoms with E-state index in [0.29, 0.717) is 5.56 Å². The van der Waals surface area contributed by atoms with E-state index in [9.17, 15) is 10.1 Å². The molecule has 2 aromatic rings. The van der Waals surface area contributed by atoms with Crippen LogP contribution in [0.1, 0.15) is 81.1 Å². The zero-order valence-electron chi connectivity index (χ0n) is 18.7. The second-order valence-corrected chi connectivity index (χ2v) is 8.07. The van der Waals surface area contributed by atoms with Gasteiger partial charge in [-0.15, -0.1) is 0 Å². The molecule has 0 spiro atoms. The maximum atomic E-state index is 15.5. The Morgan fingerprint density at radius 1 is 1.03 bits per heavy atom. The summed E-state index contributed by atoms with van der Waals surface area (Å²) in [6.07, 6.45) is 6.50. The highest BCUT2D eigenvalue weighted by molar-refractivity contribution is 5.91. The van der Waals surface area contributed by atoms with E-state index in [2.05, 4.69) is 13.0 Å². The highest BCUT2D eigenvalue weighted by Crippen LogP contribution is 2.36. The van der Waals surface area contributed by atoms with Crippen LogP contribution >= 0.6 is 0 Å². The maximum absolute atomic E-state index is 15.5. The summed E-state index contributed by atoms with van der Waals surface area (Å²) < 4.78 is 15.5. The van der Waals surface area contributed by atoms with E-state index in [1.54, 1.807) is 6.07 Å². The van der Waals surface area contributed by atoms with E-state index in [4.69, 9.17) is 9.78 Å². The van der Waals surface area contributed by atoms with E-state index in [0.717, 1.165) is 24.8 Å². The lowest BCUT2D eigenvalue weighted by Crippen LogP contribution is -2.15. The van der Waals surface area contributed by atoms with Crippen LogP contribution < -0.4 is 0 Å². The summed E-state index contributed by atoms with van der Waals surface area (Å²) in [6.45, 7) is 6.16. The van der Waals surface area contributed by atoms with Crippen molar-refractivity contribution >= 4 is 5.97 Å². The Labute approximate surface area is 184 Å². The molecule has 0 saturated carbocycles. The Kier molecular flexibility index (Phi) is 10.2. The van der Waals surface area contributed by atoms with Crippen molar-refractivity contribution in [2.24, 2.45) is 5.92 Å². The molecule has 0 N–H and O–H groups in total. The standard InChI is InChI=1S/C26H32FNO3/c1-4-5-6-7-8-12-17-30-31-26(29)22-16-15-21(20-13-10-9-11-14-20)24(25(22)27)23(18-28)19(2)3/h9-11,13-16,19,23H,4-8,12,17H2,1-3H3. The summed E-state index contributed by atoms with van der Waals surface area (Å²) in [5.74, 6) is -2.44. The van der Waals surface area contributed by atoms with Crippen molar-refractivity contribution in [3.8, 4) is 17.2 Å². The van der Waals surface area contributed by atoms with Crippen molar-refractivity contribution in [1.82, 2.24) is 0 Å². The second-order valence-electron chi connectivity index (χ2n) is 8.07. The first-order valence-electron chi connectivity index (χ1n) is 11.1. The number of unbranched alkanes of at least 4 members (excludes halogenated alkanes) is 5. The fourth-order valence-corrected chi connectivity index (χ4v) is 3.55. The quantitative estimate of drug-likeness (QED) is 0.205. The summed E-state index contributed by atoms with van der Waals surface area (Å²) in [7, 11) is 0. The minimum absolute atomic E-state index is 0.128. The van der Waals surface area contributed by atoms with Crippen molar-refractivity contribution in [2.45, 2.75) is 65.2 Å². The van der Waals surface area contributed by atoms with Crippen LogP contribution in [0.3, 0.4) is 0 Å². The Balaban J connectivity index is 2.16. The zero-order chi connectivity index (χ0) is 22.6. The first-order chi connectivity index (χ1) is 15.0. The average molecular weight is 426 g/mol. The smallest absolute Gasteiger partial charge is 0.293 e. The SMILES string of the molecule is CCCCCCCCOOC(=O)c1ccc(-c2ccccc2)c(C(C#N)C(C)C)c1F. The third-order valence-corrected chi connectivity index (χ3v) is 5.32. The third-order valence-electron chi connectivity index (χ3n) is 5.32. The predicted molar refractivity (Wildman–Crippen MR) is 120 cm³/mol. The molecule has 0 heterocycles. The number of benzene rings is 2. The van der Waals surface area contributed by atoms with Gasteiger partial charge in [0.05, 0.1) is 24.2 Å². The van der Waals surface area contributed by atoms with Crippen LogP contribution in [0.15, 0.2) is 42.5 Å². The number of halogens is 1.